The number of carbonyl (C=O) groups is 1. The number of aliphatic carboxylic acids is 1. The van der Waals surface area contributed by atoms with Crippen LogP contribution < -0.4 is 5.73 Å². The Labute approximate surface area is 109 Å². The number of hydrogen-bond donors (Lipinski definition) is 3. The van der Waals surface area contributed by atoms with Gasteiger partial charge in [0.25, 0.3) is 0 Å². The monoisotopic (exact) mass is 279 g/mol. The molecule has 0 saturated carbocycles. The van der Waals surface area contributed by atoms with Gasteiger partial charge in [0.2, 0.25) is 7.37 Å². The van der Waals surface area contributed by atoms with Crippen LogP contribution in [0.25, 0.3) is 0 Å². The lowest BCUT2D eigenvalue weighted by Gasteiger charge is -2.19. The molecular weight excluding hydrogens is 253 g/mol. The van der Waals surface area contributed by atoms with Gasteiger partial charge in [-0.15, -0.1) is 0 Å². The number of unbranched alkanes of at least 4 members (excludes halogenated alkanes) is 4. The molecule has 0 bridgehead atoms. The average Bonchev–Trinajstić information content (AvgIpc) is 2.26. The van der Waals surface area contributed by atoms with Gasteiger partial charge < -0.3 is 15.7 Å². The normalized spacial score (nSPS) is 18.0. The third kappa shape index (κ3) is 7.14. The van der Waals surface area contributed by atoms with Crippen LogP contribution in [-0.2, 0) is 9.36 Å². The van der Waals surface area contributed by atoms with Crippen LogP contribution in [0.4, 0.5) is 0 Å². The van der Waals surface area contributed by atoms with E-state index in [1.165, 1.54) is 6.92 Å². The van der Waals surface area contributed by atoms with Gasteiger partial charge in [-0.05, 0) is 13.3 Å². The summed E-state index contributed by atoms with van der Waals surface area (Å²) in [6, 6.07) is 0. The number of nitrogens with two attached hydrogens (primary N) is 1. The first-order valence-electron chi connectivity index (χ1n) is 6.61. The highest BCUT2D eigenvalue weighted by molar-refractivity contribution is 7.58. The van der Waals surface area contributed by atoms with Gasteiger partial charge in [0.05, 0.1) is 11.7 Å². The second-order valence-corrected chi connectivity index (χ2v) is 7.61. The predicted molar refractivity (Wildman–Crippen MR) is 72.8 cm³/mol. The van der Waals surface area contributed by atoms with Crippen LogP contribution in [0, 0.1) is 5.92 Å². The van der Waals surface area contributed by atoms with Crippen LogP contribution in [0.2, 0.25) is 0 Å². The molecule has 0 aliphatic heterocycles. The lowest BCUT2D eigenvalue weighted by atomic mass is 10.0. The summed E-state index contributed by atoms with van der Waals surface area (Å²) >= 11 is 0. The van der Waals surface area contributed by atoms with Crippen molar-refractivity contribution in [2.45, 2.75) is 58.2 Å². The van der Waals surface area contributed by atoms with Gasteiger partial charge in [-0.3, -0.25) is 9.36 Å². The van der Waals surface area contributed by atoms with E-state index < -0.39 is 25.0 Å². The fourth-order valence-electron chi connectivity index (χ4n) is 1.77. The number of hydrogen-bond acceptors (Lipinski definition) is 3. The molecule has 0 aromatic rings. The lowest BCUT2D eigenvalue weighted by molar-refractivity contribution is -0.141. The Morgan fingerprint density at radius 2 is 1.83 bits per heavy atom. The van der Waals surface area contributed by atoms with E-state index in [-0.39, 0.29) is 6.16 Å². The third-order valence-corrected chi connectivity index (χ3v) is 5.36. The highest BCUT2D eigenvalue weighted by Crippen LogP contribution is 2.46. The van der Waals surface area contributed by atoms with Gasteiger partial charge in [-0.1, -0.05) is 39.0 Å². The van der Waals surface area contributed by atoms with Crippen LogP contribution in [0.1, 0.15) is 52.4 Å². The van der Waals surface area contributed by atoms with Crippen molar-refractivity contribution in [2.75, 3.05) is 6.16 Å². The molecular formula is C12H26NO4P. The summed E-state index contributed by atoms with van der Waals surface area (Å²) < 4.78 is 11.7. The summed E-state index contributed by atoms with van der Waals surface area (Å²) in [6.45, 7) is 3.56. The second-order valence-electron chi connectivity index (χ2n) is 4.92. The standard InChI is InChI=1S/C12H26NO4P/c1-3-4-5-6-7-8-11(12(14)15)9-18(16,17)10(2)13/h10-11H,3-9,13H2,1-2H3,(H,14,15)(H,16,17)/t10-,11?/m0/s1. The first kappa shape index (κ1) is 17.6. The molecule has 0 aromatic heterocycles. The van der Waals surface area contributed by atoms with Gasteiger partial charge in [-0.2, -0.15) is 0 Å². The smallest absolute Gasteiger partial charge is 0.307 e. The van der Waals surface area contributed by atoms with Crippen LogP contribution in [0.3, 0.4) is 0 Å². The first-order chi connectivity index (χ1) is 8.31. The minimum absolute atomic E-state index is 0.215. The summed E-state index contributed by atoms with van der Waals surface area (Å²) in [4.78, 5) is 20.7. The molecule has 3 atom stereocenters. The highest BCUT2D eigenvalue weighted by Gasteiger charge is 2.31. The molecule has 5 nitrogen and oxygen atoms in total. The van der Waals surface area contributed by atoms with Crippen molar-refractivity contribution in [1.29, 1.82) is 0 Å². The fourth-order valence-corrected chi connectivity index (χ4v) is 3.07. The Bertz CT molecular complexity index is 294. The zero-order chi connectivity index (χ0) is 14.2. The summed E-state index contributed by atoms with van der Waals surface area (Å²) in [6.07, 6.45) is 5.38. The van der Waals surface area contributed by atoms with Gasteiger partial charge in [0, 0.05) is 6.16 Å². The maximum absolute atomic E-state index is 11.7. The zero-order valence-corrected chi connectivity index (χ0v) is 12.2. The van der Waals surface area contributed by atoms with Gasteiger partial charge in [0.15, 0.2) is 0 Å². The summed E-state index contributed by atoms with van der Waals surface area (Å²) in [5, 5.41) is 9.05. The number of carboxylic acids is 1. The van der Waals surface area contributed by atoms with E-state index >= 15 is 0 Å². The lowest BCUT2D eigenvalue weighted by Crippen LogP contribution is -2.24. The average molecular weight is 279 g/mol. The zero-order valence-electron chi connectivity index (χ0n) is 11.3. The van der Waals surface area contributed by atoms with Gasteiger partial charge >= 0.3 is 5.97 Å². The Hall–Kier alpha value is -0.380. The molecule has 0 aromatic carbocycles. The Kier molecular flexibility index (Phi) is 8.49. The topological polar surface area (TPSA) is 101 Å². The van der Waals surface area contributed by atoms with Gasteiger partial charge in [-0.25, -0.2) is 0 Å². The summed E-state index contributed by atoms with van der Waals surface area (Å²) in [5.74, 6) is -2.62. The van der Waals surface area contributed by atoms with E-state index in [1.807, 2.05) is 0 Å². The number of carboxylic acid groups (broad SMARTS) is 1. The Balaban J connectivity index is 4.16. The van der Waals surface area contributed by atoms with E-state index in [0.717, 1.165) is 32.1 Å². The molecule has 0 saturated heterocycles. The molecule has 0 spiro atoms. The largest absolute Gasteiger partial charge is 0.481 e. The SMILES string of the molecule is CCCCCCCC(CP(=O)(O)[C@@H](C)N)C(=O)O. The van der Waals surface area contributed by atoms with Crippen molar-refractivity contribution in [2.24, 2.45) is 11.7 Å². The van der Waals surface area contributed by atoms with E-state index in [0.29, 0.717) is 6.42 Å². The molecule has 0 fully saturated rings. The molecule has 2 unspecified atom stereocenters. The van der Waals surface area contributed by atoms with Crippen LogP contribution in [0.15, 0.2) is 0 Å². The molecule has 6 heteroatoms. The van der Waals surface area contributed by atoms with Crippen LogP contribution in [0.5, 0.6) is 0 Å². The highest BCUT2D eigenvalue weighted by atomic mass is 31.2. The van der Waals surface area contributed by atoms with Crippen molar-refractivity contribution in [3.05, 3.63) is 0 Å². The van der Waals surface area contributed by atoms with Crippen LogP contribution in [-0.4, -0.2) is 27.9 Å². The third-order valence-electron chi connectivity index (χ3n) is 3.12. The van der Waals surface area contributed by atoms with E-state index in [4.69, 9.17) is 10.8 Å². The van der Waals surface area contributed by atoms with E-state index in [2.05, 4.69) is 6.92 Å². The molecule has 0 rings (SSSR count). The molecule has 4 N–H and O–H groups in total. The van der Waals surface area contributed by atoms with Crippen LogP contribution >= 0.6 is 7.37 Å². The Morgan fingerprint density at radius 3 is 2.28 bits per heavy atom. The molecule has 0 radical (unpaired) electrons. The predicted octanol–water partition coefficient (Wildman–Crippen LogP) is 2.62. The quantitative estimate of drug-likeness (QED) is 0.421. The molecule has 0 aliphatic rings. The van der Waals surface area contributed by atoms with Crippen molar-refractivity contribution in [3.8, 4) is 0 Å². The molecule has 0 amide bonds. The van der Waals surface area contributed by atoms with E-state index in [9.17, 15) is 14.3 Å². The van der Waals surface area contributed by atoms with E-state index in [1.54, 1.807) is 0 Å². The molecule has 0 heterocycles. The van der Waals surface area contributed by atoms with Gasteiger partial charge in [0.1, 0.15) is 0 Å². The van der Waals surface area contributed by atoms with Crippen molar-refractivity contribution in [3.63, 3.8) is 0 Å². The second kappa shape index (κ2) is 8.68. The van der Waals surface area contributed by atoms with Crippen molar-refractivity contribution < 1.29 is 19.4 Å². The summed E-state index contributed by atoms with van der Waals surface area (Å²) in [5.41, 5.74) is 5.41. The maximum Gasteiger partial charge on any atom is 0.307 e. The Morgan fingerprint density at radius 1 is 1.28 bits per heavy atom. The van der Waals surface area contributed by atoms with Crippen molar-refractivity contribution >= 4 is 13.3 Å². The maximum atomic E-state index is 11.7. The first-order valence-corrected chi connectivity index (χ1v) is 8.52. The minimum atomic E-state index is -3.54. The minimum Gasteiger partial charge on any atom is -0.481 e. The number of rotatable bonds is 10. The van der Waals surface area contributed by atoms with Crippen molar-refractivity contribution in [1.82, 2.24) is 0 Å². The molecule has 108 valence electrons. The molecule has 0 aliphatic carbocycles. The fraction of sp³-hybridized carbons (Fsp3) is 0.917. The summed E-state index contributed by atoms with van der Waals surface area (Å²) in [7, 11) is -3.54. The molecule has 18 heavy (non-hydrogen) atoms.